The SMILES string of the molecule is N=C(N)c1c(Cl)cccc1Sc1ccc([N+](=O)[O-])cc1. The van der Waals surface area contributed by atoms with Gasteiger partial charge < -0.3 is 5.73 Å². The van der Waals surface area contributed by atoms with Crippen molar-refractivity contribution in [1.29, 1.82) is 5.41 Å². The van der Waals surface area contributed by atoms with Crippen LogP contribution in [0.2, 0.25) is 5.02 Å². The van der Waals surface area contributed by atoms with E-state index < -0.39 is 4.92 Å². The topological polar surface area (TPSA) is 93.0 Å². The van der Waals surface area contributed by atoms with Crippen molar-refractivity contribution in [2.75, 3.05) is 0 Å². The molecule has 0 aromatic heterocycles. The van der Waals surface area contributed by atoms with Crippen LogP contribution in [0.5, 0.6) is 0 Å². The number of nitrogens with one attached hydrogen (secondary N) is 1. The largest absolute Gasteiger partial charge is 0.384 e. The van der Waals surface area contributed by atoms with Crippen molar-refractivity contribution in [1.82, 2.24) is 0 Å². The summed E-state index contributed by atoms with van der Waals surface area (Å²) in [6.45, 7) is 0. The molecule has 2 aromatic rings. The van der Waals surface area contributed by atoms with Crippen molar-refractivity contribution >= 4 is 34.9 Å². The molecule has 0 spiro atoms. The van der Waals surface area contributed by atoms with Crippen LogP contribution in [0.15, 0.2) is 52.3 Å². The first-order valence-corrected chi connectivity index (χ1v) is 6.73. The molecule has 5 nitrogen and oxygen atoms in total. The van der Waals surface area contributed by atoms with Gasteiger partial charge in [-0.2, -0.15) is 0 Å². The molecule has 2 rings (SSSR count). The minimum Gasteiger partial charge on any atom is -0.384 e. The van der Waals surface area contributed by atoms with Gasteiger partial charge in [0.15, 0.2) is 0 Å². The van der Waals surface area contributed by atoms with Crippen LogP contribution in [0.25, 0.3) is 0 Å². The molecule has 0 saturated heterocycles. The number of rotatable bonds is 4. The molecular weight excluding hydrogens is 298 g/mol. The molecule has 0 aliphatic rings. The molecule has 0 atom stereocenters. The molecule has 7 heteroatoms. The summed E-state index contributed by atoms with van der Waals surface area (Å²) >= 11 is 7.38. The Hall–Kier alpha value is -2.05. The highest BCUT2D eigenvalue weighted by Crippen LogP contribution is 2.34. The molecular formula is C13H10ClN3O2S. The van der Waals surface area contributed by atoms with Crippen LogP contribution in [0.1, 0.15) is 5.56 Å². The van der Waals surface area contributed by atoms with Crippen molar-refractivity contribution < 1.29 is 4.92 Å². The molecule has 0 aliphatic carbocycles. The molecule has 3 N–H and O–H groups in total. The Morgan fingerprint density at radius 3 is 2.45 bits per heavy atom. The number of nitrogens with zero attached hydrogens (tertiary/aromatic N) is 1. The number of nitro benzene ring substituents is 1. The zero-order valence-electron chi connectivity index (χ0n) is 10.2. The van der Waals surface area contributed by atoms with Crippen LogP contribution in [0, 0.1) is 15.5 Å². The molecule has 0 amide bonds. The molecule has 0 aliphatic heterocycles. The van der Waals surface area contributed by atoms with E-state index in [1.807, 2.05) is 0 Å². The van der Waals surface area contributed by atoms with Gasteiger partial charge in [0, 0.05) is 27.5 Å². The maximum Gasteiger partial charge on any atom is 0.269 e. The van der Waals surface area contributed by atoms with Crippen molar-refractivity contribution in [2.24, 2.45) is 5.73 Å². The van der Waals surface area contributed by atoms with Crippen molar-refractivity contribution in [2.45, 2.75) is 9.79 Å². The van der Waals surface area contributed by atoms with Gasteiger partial charge in [-0.15, -0.1) is 0 Å². The molecule has 0 bridgehead atoms. The van der Waals surface area contributed by atoms with Gasteiger partial charge in [-0.05, 0) is 24.3 Å². The van der Waals surface area contributed by atoms with E-state index in [1.165, 1.54) is 23.9 Å². The second-order valence-corrected chi connectivity index (χ2v) is 5.40. The third-order valence-corrected chi connectivity index (χ3v) is 3.90. The van der Waals surface area contributed by atoms with Crippen LogP contribution >= 0.6 is 23.4 Å². The predicted molar refractivity (Wildman–Crippen MR) is 79.7 cm³/mol. The molecule has 2 aromatic carbocycles. The first-order chi connectivity index (χ1) is 9.49. The third kappa shape index (κ3) is 3.09. The summed E-state index contributed by atoms with van der Waals surface area (Å²) in [5, 5.41) is 18.6. The van der Waals surface area contributed by atoms with Gasteiger partial charge in [0.25, 0.3) is 5.69 Å². The number of hydrogen-bond acceptors (Lipinski definition) is 4. The van der Waals surface area contributed by atoms with Crippen molar-refractivity contribution in [3.8, 4) is 0 Å². The lowest BCUT2D eigenvalue weighted by Crippen LogP contribution is -2.12. The van der Waals surface area contributed by atoms with E-state index in [0.717, 1.165) is 9.79 Å². The normalized spacial score (nSPS) is 10.2. The Balaban J connectivity index is 2.33. The van der Waals surface area contributed by atoms with Crippen LogP contribution in [-0.4, -0.2) is 10.8 Å². The maximum absolute atomic E-state index is 10.6. The summed E-state index contributed by atoms with van der Waals surface area (Å²) in [5.41, 5.74) is 6.03. The number of nitrogen functional groups attached to an aromatic ring is 1. The quantitative estimate of drug-likeness (QED) is 0.390. The first-order valence-electron chi connectivity index (χ1n) is 5.54. The number of amidine groups is 1. The van der Waals surface area contributed by atoms with Crippen molar-refractivity contribution in [3.05, 3.63) is 63.2 Å². The summed E-state index contributed by atoms with van der Waals surface area (Å²) in [4.78, 5) is 11.7. The zero-order chi connectivity index (χ0) is 14.7. The van der Waals surface area contributed by atoms with Crippen LogP contribution in [0.4, 0.5) is 5.69 Å². The van der Waals surface area contributed by atoms with Gasteiger partial charge in [-0.1, -0.05) is 29.4 Å². The Bertz CT molecular complexity index is 674. The van der Waals surface area contributed by atoms with E-state index in [-0.39, 0.29) is 11.5 Å². The van der Waals surface area contributed by atoms with Gasteiger partial charge in [-0.3, -0.25) is 15.5 Å². The number of nitro groups is 1. The number of nitrogens with two attached hydrogens (primary N) is 1. The van der Waals surface area contributed by atoms with Gasteiger partial charge in [0.1, 0.15) is 5.84 Å². The number of hydrogen-bond donors (Lipinski definition) is 2. The van der Waals surface area contributed by atoms with E-state index in [4.69, 9.17) is 22.7 Å². The van der Waals surface area contributed by atoms with Gasteiger partial charge >= 0.3 is 0 Å². The number of non-ortho nitro benzene ring substituents is 1. The average Bonchev–Trinajstić information content (AvgIpc) is 2.39. The number of benzene rings is 2. The molecule has 0 radical (unpaired) electrons. The third-order valence-electron chi connectivity index (χ3n) is 2.52. The Labute approximate surface area is 124 Å². The summed E-state index contributed by atoms with van der Waals surface area (Å²) < 4.78 is 0. The van der Waals surface area contributed by atoms with E-state index in [0.29, 0.717) is 10.6 Å². The fraction of sp³-hybridized carbons (Fsp3) is 0. The minimum absolute atomic E-state index is 0.0345. The monoisotopic (exact) mass is 307 g/mol. The highest BCUT2D eigenvalue weighted by atomic mass is 35.5. The molecule has 0 saturated carbocycles. The van der Waals surface area contributed by atoms with Crippen LogP contribution in [-0.2, 0) is 0 Å². The fourth-order valence-corrected chi connectivity index (χ4v) is 2.94. The zero-order valence-corrected chi connectivity index (χ0v) is 11.7. The predicted octanol–water partition coefficient (Wildman–Crippen LogP) is 3.68. The Morgan fingerprint density at radius 2 is 1.90 bits per heavy atom. The Morgan fingerprint density at radius 1 is 1.25 bits per heavy atom. The highest BCUT2D eigenvalue weighted by molar-refractivity contribution is 7.99. The standard InChI is InChI=1S/C13H10ClN3O2S/c14-10-2-1-3-11(12(10)13(15)16)20-9-6-4-8(5-7-9)17(18)19/h1-7H,(H3,15,16). The second-order valence-electron chi connectivity index (χ2n) is 3.88. The maximum atomic E-state index is 10.6. The molecule has 102 valence electrons. The second kappa shape index (κ2) is 5.94. The lowest BCUT2D eigenvalue weighted by molar-refractivity contribution is -0.384. The van der Waals surface area contributed by atoms with Crippen molar-refractivity contribution in [3.63, 3.8) is 0 Å². The van der Waals surface area contributed by atoms with E-state index in [9.17, 15) is 10.1 Å². The van der Waals surface area contributed by atoms with Gasteiger partial charge in [0.2, 0.25) is 0 Å². The number of halogens is 1. The highest BCUT2D eigenvalue weighted by Gasteiger charge is 2.12. The Kier molecular flexibility index (Phi) is 4.26. The van der Waals surface area contributed by atoms with Gasteiger partial charge in [-0.25, -0.2) is 0 Å². The lowest BCUT2D eigenvalue weighted by Gasteiger charge is -2.09. The summed E-state index contributed by atoms with van der Waals surface area (Å²) in [6, 6.07) is 11.4. The molecule has 20 heavy (non-hydrogen) atoms. The smallest absolute Gasteiger partial charge is 0.269 e. The lowest BCUT2D eigenvalue weighted by atomic mass is 10.2. The van der Waals surface area contributed by atoms with E-state index >= 15 is 0 Å². The van der Waals surface area contributed by atoms with E-state index in [1.54, 1.807) is 30.3 Å². The minimum atomic E-state index is -0.450. The summed E-state index contributed by atoms with van der Waals surface area (Å²) in [5.74, 6) is -0.111. The first kappa shape index (κ1) is 14.4. The molecule has 0 unspecified atom stereocenters. The molecule has 0 fully saturated rings. The average molecular weight is 308 g/mol. The summed E-state index contributed by atoms with van der Waals surface area (Å²) in [6.07, 6.45) is 0. The van der Waals surface area contributed by atoms with Crippen LogP contribution < -0.4 is 5.73 Å². The van der Waals surface area contributed by atoms with Crippen LogP contribution in [0.3, 0.4) is 0 Å². The van der Waals surface area contributed by atoms with E-state index in [2.05, 4.69) is 0 Å². The molecule has 0 heterocycles. The fourth-order valence-electron chi connectivity index (χ4n) is 1.61. The summed E-state index contributed by atoms with van der Waals surface area (Å²) in [7, 11) is 0. The van der Waals surface area contributed by atoms with Gasteiger partial charge in [0.05, 0.1) is 9.95 Å².